The van der Waals surface area contributed by atoms with Gasteiger partial charge in [-0.25, -0.2) is 0 Å². The molecule has 0 saturated carbocycles. The first-order valence-corrected chi connectivity index (χ1v) is 12.4. The molecule has 2 aromatic rings. The average Bonchev–Trinajstić information content (AvgIpc) is 3.39. The fourth-order valence-corrected chi connectivity index (χ4v) is 4.85. The zero-order chi connectivity index (χ0) is 24.0. The summed E-state index contributed by atoms with van der Waals surface area (Å²) in [7, 11) is 0. The number of aliphatic hydroxyl groups excluding tert-OH is 1. The Morgan fingerprint density at radius 3 is 2.56 bits per heavy atom. The van der Waals surface area contributed by atoms with Crippen LogP contribution in [0.2, 0.25) is 5.02 Å². The van der Waals surface area contributed by atoms with Crippen molar-refractivity contribution in [1.82, 2.24) is 9.80 Å². The van der Waals surface area contributed by atoms with Gasteiger partial charge in [-0.15, -0.1) is 0 Å². The average molecular weight is 485 g/mol. The SMILES string of the molecule is O=C(C=Cc1ccccc1OCC(O)CN1CCC(O)(c2cccc(Cl)c2)CC1)N1CCCC1. The largest absolute Gasteiger partial charge is 0.490 e. The highest BCUT2D eigenvalue weighted by Crippen LogP contribution is 2.34. The molecule has 1 unspecified atom stereocenters. The van der Waals surface area contributed by atoms with Gasteiger partial charge >= 0.3 is 0 Å². The van der Waals surface area contributed by atoms with E-state index in [0.29, 0.717) is 43.2 Å². The molecule has 2 aliphatic rings. The molecular weight excluding hydrogens is 452 g/mol. The van der Waals surface area contributed by atoms with E-state index in [9.17, 15) is 15.0 Å². The molecule has 2 saturated heterocycles. The summed E-state index contributed by atoms with van der Waals surface area (Å²) in [6, 6.07) is 14.9. The smallest absolute Gasteiger partial charge is 0.246 e. The Labute approximate surface area is 206 Å². The van der Waals surface area contributed by atoms with Gasteiger partial charge in [-0.05, 0) is 55.5 Å². The molecule has 6 nitrogen and oxygen atoms in total. The lowest BCUT2D eigenvalue weighted by Gasteiger charge is -2.39. The number of para-hydroxylation sites is 1. The van der Waals surface area contributed by atoms with Gasteiger partial charge in [-0.2, -0.15) is 0 Å². The van der Waals surface area contributed by atoms with E-state index in [1.807, 2.05) is 47.4 Å². The second kappa shape index (κ2) is 11.4. The molecule has 34 heavy (non-hydrogen) atoms. The normalized spacial score (nSPS) is 19.4. The van der Waals surface area contributed by atoms with Crippen LogP contribution in [0.5, 0.6) is 5.75 Å². The van der Waals surface area contributed by atoms with Crippen LogP contribution in [0.4, 0.5) is 0 Å². The number of carbonyl (C=O) groups is 1. The van der Waals surface area contributed by atoms with Gasteiger partial charge in [0.15, 0.2) is 0 Å². The lowest BCUT2D eigenvalue weighted by molar-refractivity contribution is -0.124. The van der Waals surface area contributed by atoms with E-state index in [-0.39, 0.29) is 12.5 Å². The van der Waals surface area contributed by atoms with Crippen molar-refractivity contribution in [1.29, 1.82) is 0 Å². The predicted molar refractivity (Wildman–Crippen MR) is 134 cm³/mol. The molecule has 0 radical (unpaired) electrons. The number of nitrogens with zero attached hydrogens (tertiary/aromatic N) is 2. The van der Waals surface area contributed by atoms with Crippen molar-refractivity contribution in [3.63, 3.8) is 0 Å². The number of aliphatic hydroxyl groups is 2. The van der Waals surface area contributed by atoms with Crippen molar-refractivity contribution in [3.05, 3.63) is 70.8 Å². The van der Waals surface area contributed by atoms with Crippen LogP contribution in [0.25, 0.3) is 6.08 Å². The van der Waals surface area contributed by atoms with E-state index in [2.05, 4.69) is 4.90 Å². The first kappa shape index (κ1) is 24.7. The second-order valence-corrected chi connectivity index (χ2v) is 9.65. The minimum atomic E-state index is -0.888. The summed E-state index contributed by atoms with van der Waals surface area (Å²) in [5.41, 5.74) is 0.767. The van der Waals surface area contributed by atoms with Crippen LogP contribution in [-0.4, -0.2) is 71.4 Å². The number of hydrogen-bond acceptors (Lipinski definition) is 5. The highest BCUT2D eigenvalue weighted by Gasteiger charge is 2.34. The highest BCUT2D eigenvalue weighted by molar-refractivity contribution is 6.30. The number of rotatable bonds is 8. The van der Waals surface area contributed by atoms with Crippen LogP contribution in [-0.2, 0) is 10.4 Å². The van der Waals surface area contributed by atoms with Crippen molar-refractivity contribution >= 4 is 23.6 Å². The molecule has 2 fully saturated rings. The summed E-state index contributed by atoms with van der Waals surface area (Å²) in [5.74, 6) is 0.663. The second-order valence-electron chi connectivity index (χ2n) is 9.21. The number of hydrogen-bond donors (Lipinski definition) is 2. The molecular formula is C27H33ClN2O4. The Bertz CT molecular complexity index is 998. The summed E-state index contributed by atoms with van der Waals surface area (Å²) in [4.78, 5) is 16.3. The minimum Gasteiger partial charge on any atom is -0.490 e. The predicted octanol–water partition coefficient (Wildman–Crippen LogP) is 3.70. The maximum atomic E-state index is 12.3. The molecule has 0 aliphatic carbocycles. The molecule has 2 aromatic carbocycles. The van der Waals surface area contributed by atoms with E-state index >= 15 is 0 Å². The summed E-state index contributed by atoms with van der Waals surface area (Å²) >= 11 is 6.09. The monoisotopic (exact) mass is 484 g/mol. The highest BCUT2D eigenvalue weighted by atomic mass is 35.5. The summed E-state index contributed by atoms with van der Waals surface area (Å²) in [6.45, 7) is 3.62. The van der Waals surface area contributed by atoms with Crippen LogP contribution >= 0.6 is 11.6 Å². The first-order valence-electron chi connectivity index (χ1n) is 12.0. The molecule has 182 valence electrons. The van der Waals surface area contributed by atoms with Gasteiger partial charge in [-0.3, -0.25) is 4.79 Å². The van der Waals surface area contributed by atoms with Gasteiger partial charge in [-0.1, -0.05) is 41.9 Å². The van der Waals surface area contributed by atoms with Gasteiger partial charge in [0.2, 0.25) is 5.91 Å². The van der Waals surface area contributed by atoms with Crippen molar-refractivity contribution in [3.8, 4) is 5.75 Å². The number of benzene rings is 2. The molecule has 7 heteroatoms. The molecule has 0 bridgehead atoms. The summed E-state index contributed by atoms with van der Waals surface area (Å²) in [5, 5.41) is 22.2. The van der Waals surface area contributed by atoms with Crippen LogP contribution in [0.3, 0.4) is 0 Å². The Hall–Kier alpha value is -2.38. The van der Waals surface area contributed by atoms with Gasteiger partial charge in [0.1, 0.15) is 18.5 Å². The summed E-state index contributed by atoms with van der Waals surface area (Å²) in [6.07, 6.45) is 6.00. The quantitative estimate of drug-likeness (QED) is 0.559. The van der Waals surface area contributed by atoms with Crippen LogP contribution in [0.15, 0.2) is 54.6 Å². The Morgan fingerprint density at radius 2 is 1.82 bits per heavy atom. The van der Waals surface area contributed by atoms with Gasteiger partial charge in [0.05, 0.1) is 5.60 Å². The third-order valence-corrected chi connectivity index (χ3v) is 6.92. The fraction of sp³-hybridized carbons (Fsp3) is 0.444. The molecule has 0 aromatic heterocycles. The first-order chi connectivity index (χ1) is 16.4. The fourth-order valence-electron chi connectivity index (χ4n) is 4.66. The lowest BCUT2D eigenvalue weighted by Crippen LogP contribution is -2.46. The molecule has 2 N–H and O–H groups in total. The molecule has 4 rings (SSSR count). The van der Waals surface area contributed by atoms with Crippen LogP contribution in [0, 0.1) is 0 Å². The number of ether oxygens (including phenoxy) is 1. The molecule has 0 spiro atoms. The number of likely N-dealkylation sites (tertiary alicyclic amines) is 2. The lowest BCUT2D eigenvalue weighted by atomic mass is 9.84. The zero-order valence-electron chi connectivity index (χ0n) is 19.4. The number of amides is 1. The molecule has 2 aliphatic heterocycles. The number of β-amino-alcohol motifs (C(OH)–C–C–N with tert-alkyl or cyclic N) is 1. The number of halogens is 1. The van der Waals surface area contributed by atoms with Crippen molar-refractivity contribution < 1.29 is 19.7 Å². The number of piperidine rings is 1. The van der Waals surface area contributed by atoms with E-state index < -0.39 is 11.7 Å². The Morgan fingerprint density at radius 1 is 1.09 bits per heavy atom. The maximum Gasteiger partial charge on any atom is 0.246 e. The van der Waals surface area contributed by atoms with Crippen molar-refractivity contribution in [2.75, 3.05) is 39.3 Å². The Balaban J connectivity index is 1.26. The molecule has 2 heterocycles. The third kappa shape index (κ3) is 6.39. The van der Waals surface area contributed by atoms with Crippen molar-refractivity contribution in [2.45, 2.75) is 37.4 Å². The van der Waals surface area contributed by atoms with E-state index in [4.69, 9.17) is 16.3 Å². The Kier molecular flexibility index (Phi) is 8.27. The van der Waals surface area contributed by atoms with Crippen LogP contribution < -0.4 is 4.74 Å². The number of carbonyl (C=O) groups excluding carboxylic acids is 1. The van der Waals surface area contributed by atoms with Gasteiger partial charge in [0.25, 0.3) is 0 Å². The minimum absolute atomic E-state index is 0.0233. The van der Waals surface area contributed by atoms with E-state index in [1.54, 1.807) is 18.2 Å². The zero-order valence-corrected chi connectivity index (χ0v) is 20.2. The maximum absolute atomic E-state index is 12.3. The molecule has 1 amide bonds. The van der Waals surface area contributed by atoms with E-state index in [0.717, 1.165) is 37.1 Å². The molecule has 1 atom stereocenters. The van der Waals surface area contributed by atoms with Gasteiger partial charge in [0, 0.05) is 49.4 Å². The van der Waals surface area contributed by atoms with Crippen molar-refractivity contribution in [2.24, 2.45) is 0 Å². The third-order valence-electron chi connectivity index (χ3n) is 6.69. The topological polar surface area (TPSA) is 73.2 Å². The van der Waals surface area contributed by atoms with E-state index in [1.165, 1.54) is 0 Å². The summed E-state index contributed by atoms with van der Waals surface area (Å²) < 4.78 is 5.90. The van der Waals surface area contributed by atoms with Gasteiger partial charge < -0.3 is 24.7 Å². The standard InChI is InChI=1S/C27H33ClN2O4/c28-23-8-5-7-22(18-23)27(33)12-16-29(17-13-27)19-24(31)20-34-25-9-2-1-6-21(25)10-11-26(32)30-14-3-4-15-30/h1-2,5-11,18,24,31,33H,3-4,12-17,19-20H2. The van der Waals surface area contributed by atoms with Crippen LogP contribution in [0.1, 0.15) is 36.8 Å².